The predicted octanol–water partition coefficient (Wildman–Crippen LogP) is 2.68. The summed E-state index contributed by atoms with van der Waals surface area (Å²) in [5, 5.41) is 3.25. The molecule has 18 heavy (non-hydrogen) atoms. The van der Waals surface area contributed by atoms with Crippen LogP contribution in [0.5, 0.6) is 0 Å². The molecule has 4 heteroatoms. The van der Waals surface area contributed by atoms with Gasteiger partial charge in [-0.1, -0.05) is 12.1 Å². The highest BCUT2D eigenvalue weighted by molar-refractivity contribution is 5.76. The molecular weight excluding hydrogens is 233 g/mol. The number of carbonyl (C=O) groups is 1. The Hall–Kier alpha value is -1.42. The maximum Gasteiger partial charge on any atom is 0.312 e. The summed E-state index contributed by atoms with van der Waals surface area (Å²) in [4.78, 5) is 11.5. The highest BCUT2D eigenvalue weighted by Crippen LogP contribution is 2.19. The van der Waals surface area contributed by atoms with Gasteiger partial charge >= 0.3 is 5.97 Å². The molecule has 0 heterocycles. The highest BCUT2D eigenvalue weighted by Gasteiger charge is 2.28. The van der Waals surface area contributed by atoms with Gasteiger partial charge in [0.25, 0.3) is 0 Å². The normalized spacial score (nSPS) is 13.2. The number of benzene rings is 1. The first kappa shape index (κ1) is 14.6. The largest absolute Gasteiger partial charge is 0.469 e. The molecule has 1 N–H and O–H groups in total. The molecule has 0 saturated carbocycles. The summed E-state index contributed by atoms with van der Waals surface area (Å²) in [5.74, 6) is -0.498. The minimum absolute atomic E-state index is 0.0505. The van der Waals surface area contributed by atoms with Gasteiger partial charge in [-0.2, -0.15) is 0 Å². The van der Waals surface area contributed by atoms with E-state index in [4.69, 9.17) is 4.74 Å². The molecule has 1 aromatic rings. The van der Waals surface area contributed by atoms with Gasteiger partial charge in [-0.05, 0) is 38.5 Å². The number of ether oxygens (including phenoxy) is 1. The van der Waals surface area contributed by atoms with E-state index in [1.807, 2.05) is 20.8 Å². The van der Waals surface area contributed by atoms with Gasteiger partial charge in [0.15, 0.2) is 0 Å². The Labute approximate surface area is 107 Å². The second-order valence-electron chi connectivity index (χ2n) is 5.03. The van der Waals surface area contributed by atoms with Crippen molar-refractivity contribution < 1.29 is 13.9 Å². The predicted molar refractivity (Wildman–Crippen MR) is 68.6 cm³/mol. The van der Waals surface area contributed by atoms with Crippen molar-refractivity contribution in [3.63, 3.8) is 0 Å². The summed E-state index contributed by atoms with van der Waals surface area (Å²) in [6.07, 6.45) is 0. The third kappa shape index (κ3) is 3.81. The molecular formula is C14H20FNO2. The van der Waals surface area contributed by atoms with E-state index in [2.05, 4.69) is 5.32 Å². The minimum Gasteiger partial charge on any atom is -0.469 e. The van der Waals surface area contributed by atoms with Crippen LogP contribution in [0, 0.1) is 11.2 Å². The Kier molecular flexibility index (Phi) is 4.84. The molecule has 0 unspecified atom stereocenters. The Morgan fingerprint density at radius 1 is 1.39 bits per heavy atom. The topological polar surface area (TPSA) is 38.3 Å². The second-order valence-corrected chi connectivity index (χ2v) is 5.03. The van der Waals surface area contributed by atoms with Crippen molar-refractivity contribution in [2.75, 3.05) is 13.7 Å². The smallest absolute Gasteiger partial charge is 0.312 e. The molecule has 1 aromatic carbocycles. The lowest BCUT2D eigenvalue weighted by atomic mass is 9.93. The number of methoxy groups -OCH3 is 1. The molecule has 0 fully saturated rings. The van der Waals surface area contributed by atoms with Gasteiger partial charge in [-0.3, -0.25) is 4.79 Å². The third-order valence-electron chi connectivity index (χ3n) is 2.96. The quantitative estimate of drug-likeness (QED) is 0.820. The molecule has 1 atom stereocenters. The minimum atomic E-state index is -0.580. The number of halogens is 1. The summed E-state index contributed by atoms with van der Waals surface area (Å²) >= 11 is 0. The molecule has 0 bridgehead atoms. The van der Waals surface area contributed by atoms with E-state index < -0.39 is 5.41 Å². The number of rotatable bonds is 5. The third-order valence-corrected chi connectivity index (χ3v) is 2.96. The molecule has 3 nitrogen and oxygen atoms in total. The van der Waals surface area contributed by atoms with Crippen LogP contribution in [0.3, 0.4) is 0 Å². The molecule has 0 radical (unpaired) electrons. The Balaban J connectivity index is 2.58. The zero-order chi connectivity index (χ0) is 13.8. The summed E-state index contributed by atoms with van der Waals surface area (Å²) in [6.45, 7) is 6.12. The lowest BCUT2D eigenvalue weighted by Crippen LogP contribution is -2.37. The van der Waals surface area contributed by atoms with Gasteiger partial charge in [0.1, 0.15) is 5.82 Å². The number of hydrogen-bond donors (Lipinski definition) is 1. The lowest BCUT2D eigenvalue weighted by Gasteiger charge is -2.24. The summed E-state index contributed by atoms with van der Waals surface area (Å²) < 4.78 is 17.5. The van der Waals surface area contributed by atoms with Crippen LogP contribution in [0.4, 0.5) is 4.39 Å². The number of hydrogen-bond acceptors (Lipinski definition) is 3. The Bertz CT molecular complexity index is 401. The van der Waals surface area contributed by atoms with Crippen molar-refractivity contribution in [2.24, 2.45) is 5.41 Å². The molecule has 0 amide bonds. The SMILES string of the molecule is COC(=O)C(C)(C)CN[C@H](C)c1ccc(F)cc1. The fraction of sp³-hybridized carbons (Fsp3) is 0.500. The van der Waals surface area contributed by atoms with Gasteiger partial charge in [0.2, 0.25) is 0 Å². The average molecular weight is 253 g/mol. The van der Waals surface area contributed by atoms with Gasteiger partial charge in [0, 0.05) is 12.6 Å². The van der Waals surface area contributed by atoms with Crippen LogP contribution in [0.15, 0.2) is 24.3 Å². The molecule has 0 aliphatic carbocycles. The molecule has 1 rings (SSSR count). The van der Waals surface area contributed by atoms with Crippen molar-refractivity contribution in [3.8, 4) is 0 Å². The molecule has 0 aliphatic rings. The first-order valence-electron chi connectivity index (χ1n) is 5.94. The molecule has 0 aliphatic heterocycles. The van der Waals surface area contributed by atoms with E-state index in [1.165, 1.54) is 19.2 Å². The van der Waals surface area contributed by atoms with E-state index in [1.54, 1.807) is 12.1 Å². The molecule has 0 spiro atoms. The van der Waals surface area contributed by atoms with Crippen LogP contribution in [-0.2, 0) is 9.53 Å². The van der Waals surface area contributed by atoms with Crippen LogP contribution >= 0.6 is 0 Å². The summed E-state index contributed by atoms with van der Waals surface area (Å²) in [6, 6.07) is 6.38. The first-order chi connectivity index (χ1) is 8.36. The molecule has 0 aromatic heterocycles. The summed E-state index contributed by atoms with van der Waals surface area (Å²) in [5.41, 5.74) is 0.403. The number of carbonyl (C=O) groups excluding carboxylic acids is 1. The van der Waals surface area contributed by atoms with Crippen LogP contribution < -0.4 is 5.32 Å². The van der Waals surface area contributed by atoms with Crippen molar-refractivity contribution in [3.05, 3.63) is 35.6 Å². The van der Waals surface area contributed by atoms with E-state index in [9.17, 15) is 9.18 Å². The Morgan fingerprint density at radius 2 is 1.94 bits per heavy atom. The molecule has 0 saturated heterocycles. The van der Waals surface area contributed by atoms with Crippen LogP contribution in [0.2, 0.25) is 0 Å². The van der Waals surface area contributed by atoms with Gasteiger partial charge in [0.05, 0.1) is 12.5 Å². The second kappa shape index (κ2) is 5.96. The maximum absolute atomic E-state index is 12.8. The summed E-state index contributed by atoms with van der Waals surface area (Å²) in [7, 11) is 1.38. The van der Waals surface area contributed by atoms with Crippen LogP contribution in [0.25, 0.3) is 0 Å². The fourth-order valence-corrected chi connectivity index (χ4v) is 1.63. The van der Waals surface area contributed by atoms with Crippen LogP contribution in [-0.4, -0.2) is 19.6 Å². The van der Waals surface area contributed by atoms with Gasteiger partial charge in [-0.15, -0.1) is 0 Å². The van der Waals surface area contributed by atoms with E-state index >= 15 is 0 Å². The van der Waals surface area contributed by atoms with Crippen LogP contribution in [0.1, 0.15) is 32.4 Å². The zero-order valence-electron chi connectivity index (χ0n) is 11.3. The number of esters is 1. The van der Waals surface area contributed by atoms with Gasteiger partial charge < -0.3 is 10.1 Å². The zero-order valence-corrected chi connectivity index (χ0v) is 11.3. The van der Waals surface area contributed by atoms with Crippen molar-refractivity contribution >= 4 is 5.97 Å². The fourth-order valence-electron chi connectivity index (χ4n) is 1.63. The van der Waals surface area contributed by atoms with E-state index in [0.29, 0.717) is 6.54 Å². The maximum atomic E-state index is 12.8. The standard InChI is InChI=1S/C14H20FNO2/c1-10(11-5-7-12(15)8-6-11)16-9-14(2,3)13(17)18-4/h5-8,10,16H,9H2,1-4H3/t10-/m1/s1. The molecule has 100 valence electrons. The van der Waals surface area contributed by atoms with Gasteiger partial charge in [-0.25, -0.2) is 4.39 Å². The monoisotopic (exact) mass is 253 g/mol. The highest BCUT2D eigenvalue weighted by atomic mass is 19.1. The van der Waals surface area contributed by atoms with Crippen molar-refractivity contribution in [2.45, 2.75) is 26.8 Å². The Morgan fingerprint density at radius 3 is 2.44 bits per heavy atom. The number of nitrogens with one attached hydrogen (secondary N) is 1. The van der Waals surface area contributed by atoms with E-state index in [0.717, 1.165) is 5.56 Å². The van der Waals surface area contributed by atoms with E-state index in [-0.39, 0.29) is 17.8 Å². The first-order valence-corrected chi connectivity index (χ1v) is 5.94. The van der Waals surface area contributed by atoms with Crippen molar-refractivity contribution in [1.29, 1.82) is 0 Å². The average Bonchev–Trinajstić information content (AvgIpc) is 2.35. The van der Waals surface area contributed by atoms with Crippen molar-refractivity contribution in [1.82, 2.24) is 5.32 Å². The lowest BCUT2D eigenvalue weighted by molar-refractivity contribution is -0.150.